The Morgan fingerprint density at radius 1 is 1.10 bits per heavy atom. The van der Waals surface area contributed by atoms with E-state index in [1.807, 2.05) is 42.5 Å². The van der Waals surface area contributed by atoms with E-state index in [9.17, 15) is 13.2 Å². The topological polar surface area (TPSA) is 51.2 Å². The van der Waals surface area contributed by atoms with Gasteiger partial charge in [-0.05, 0) is 28.7 Å². The van der Waals surface area contributed by atoms with Gasteiger partial charge in [0.1, 0.15) is 5.78 Å². The average molecular weight is 302 g/mol. The van der Waals surface area contributed by atoms with Gasteiger partial charge < -0.3 is 0 Å². The second kappa shape index (κ2) is 5.60. The van der Waals surface area contributed by atoms with E-state index in [-0.39, 0.29) is 23.2 Å². The molecule has 0 aliphatic carbocycles. The predicted molar refractivity (Wildman–Crippen MR) is 84.0 cm³/mol. The van der Waals surface area contributed by atoms with E-state index in [1.54, 1.807) is 0 Å². The van der Waals surface area contributed by atoms with Crippen LogP contribution in [-0.4, -0.2) is 25.7 Å². The molecule has 4 heteroatoms. The summed E-state index contributed by atoms with van der Waals surface area (Å²) >= 11 is 0. The minimum absolute atomic E-state index is 0.0116. The van der Waals surface area contributed by atoms with Gasteiger partial charge in [-0.25, -0.2) is 8.42 Å². The highest BCUT2D eigenvalue weighted by molar-refractivity contribution is 7.91. The van der Waals surface area contributed by atoms with Crippen LogP contribution in [0.2, 0.25) is 0 Å². The summed E-state index contributed by atoms with van der Waals surface area (Å²) in [6, 6.07) is 14.0. The van der Waals surface area contributed by atoms with E-state index in [4.69, 9.17) is 0 Å². The van der Waals surface area contributed by atoms with Crippen LogP contribution in [0.1, 0.15) is 18.4 Å². The normalized spacial score (nSPS) is 20.7. The quantitative estimate of drug-likeness (QED) is 0.872. The van der Waals surface area contributed by atoms with Gasteiger partial charge >= 0.3 is 0 Å². The smallest absolute Gasteiger partial charge is 0.150 e. The molecule has 3 nitrogen and oxygen atoms in total. The van der Waals surface area contributed by atoms with Crippen LogP contribution in [-0.2, 0) is 21.1 Å². The van der Waals surface area contributed by atoms with Crippen LogP contribution >= 0.6 is 0 Å². The number of rotatable bonds is 4. The molecule has 2 aromatic rings. The molecule has 0 bridgehead atoms. The first-order chi connectivity index (χ1) is 10.0. The third-order valence-electron chi connectivity index (χ3n) is 4.11. The SMILES string of the molecule is O=C(Cc1cccc2ccccc12)CC1CCS(=O)(=O)C1. The lowest BCUT2D eigenvalue weighted by Crippen LogP contribution is -2.12. The molecule has 1 atom stereocenters. The number of hydrogen-bond donors (Lipinski definition) is 0. The zero-order chi connectivity index (χ0) is 14.9. The molecule has 0 radical (unpaired) electrons. The van der Waals surface area contributed by atoms with E-state index in [2.05, 4.69) is 0 Å². The maximum Gasteiger partial charge on any atom is 0.150 e. The number of fused-ring (bicyclic) bond motifs is 1. The van der Waals surface area contributed by atoms with E-state index >= 15 is 0 Å². The highest BCUT2D eigenvalue weighted by Crippen LogP contribution is 2.24. The number of sulfone groups is 1. The maximum atomic E-state index is 12.2. The second-order valence-electron chi connectivity index (χ2n) is 5.83. The summed E-state index contributed by atoms with van der Waals surface area (Å²) in [4.78, 5) is 12.2. The van der Waals surface area contributed by atoms with Crippen LogP contribution in [0.4, 0.5) is 0 Å². The number of ketones is 1. The van der Waals surface area contributed by atoms with Gasteiger partial charge in [-0.1, -0.05) is 42.5 Å². The van der Waals surface area contributed by atoms with Gasteiger partial charge in [-0.3, -0.25) is 4.79 Å². The molecule has 1 heterocycles. The number of benzene rings is 2. The van der Waals surface area contributed by atoms with E-state index in [0.29, 0.717) is 19.3 Å². The van der Waals surface area contributed by atoms with Crippen molar-refractivity contribution in [1.82, 2.24) is 0 Å². The molecule has 0 spiro atoms. The number of carbonyl (C=O) groups excluding carboxylic acids is 1. The molecule has 1 fully saturated rings. The standard InChI is InChI=1S/C17H18O3S/c18-16(10-13-8-9-21(19,20)12-13)11-15-6-3-5-14-4-1-2-7-17(14)15/h1-7,13H,8-12H2. The molecule has 0 amide bonds. The molecule has 1 aliphatic rings. The van der Waals surface area contributed by atoms with Crippen LogP contribution in [0.3, 0.4) is 0 Å². The Bertz CT molecular complexity index is 772. The lowest BCUT2D eigenvalue weighted by molar-refractivity contribution is -0.119. The first-order valence-electron chi connectivity index (χ1n) is 7.22. The van der Waals surface area contributed by atoms with Crippen molar-refractivity contribution in [3.8, 4) is 0 Å². The molecule has 0 saturated carbocycles. The third kappa shape index (κ3) is 3.32. The van der Waals surface area contributed by atoms with Crippen molar-refractivity contribution >= 4 is 26.4 Å². The minimum Gasteiger partial charge on any atom is -0.299 e. The fraction of sp³-hybridized carbons (Fsp3) is 0.353. The Balaban J connectivity index is 1.72. The van der Waals surface area contributed by atoms with Crippen molar-refractivity contribution in [1.29, 1.82) is 0 Å². The fourth-order valence-electron chi connectivity index (χ4n) is 3.09. The monoisotopic (exact) mass is 302 g/mol. The Labute approximate surface area is 124 Å². The van der Waals surface area contributed by atoms with Gasteiger partial charge in [0, 0.05) is 12.8 Å². The zero-order valence-electron chi connectivity index (χ0n) is 11.8. The summed E-state index contributed by atoms with van der Waals surface area (Å²) in [7, 11) is -2.90. The van der Waals surface area contributed by atoms with Crippen LogP contribution in [0.25, 0.3) is 10.8 Å². The highest BCUT2D eigenvalue weighted by atomic mass is 32.2. The number of carbonyl (C=O) groups is 1. The van der Waals surface area contributed by atoms with Gasteiger partial charge in [0.25, 0.3) is 0 Å². The number of hydrogen-bond acceptors (Lipinski definition) is 3. The van der Waals surface area contributed by atoms with Gasteiger partial charge in [0.2, 0.25) is 0 Å². The summed E-state index contributed by atoms with van der Waals surface area (Å²) in [5.74, 6) is 0.555. The van der Waals surface area contributed by atoms with Crippen LogP contribution in [0.5, 0.6) is 0 Å². The van der Waals surface area contributed by atoms with Crippen molar-refractivity contribution in [3.63, 3.8) is 0 Å². The lowest BCUT2D eigenvalue weighted by atomic mass is 9.95. The van der Waals surface area contributed by atoms with Crippen LogP contribution in [0, 0.1) is 5.92 Å². The first-order valence-corrected chi connectivity index (χ1v) is 9.04. The van der Waals surface area contributed by atoms with Gasteiger partial charge in [0.05, 0.1) is 11.5 Å². The van der Waals surface area contributed by atoms with Crippen LogP contribution < -0.4 is 0 Å². The molecule has 1 unspecified atom stereocenters. The molecule has 1 aliphatic heterocycles. The summed E-state index contributed by atoms with van der Waals surface area (Å²) < 4.78 is 22.9. The molecule has 110 valence electrons. The molecule has 0 aromatic heterocycles. The van der Waals surface area contributed by atoms with Gasteiger partial charge in [-0.2, -0.15) is 0 Å². The minimum atomic E-state index is -2.90. The Morgan fingerprint density at radius 3 is 2.62 bits per heavy atom. The van der Waals surface area contributed by atoms with E-state index < -0.39 is 9.84 Å². The maximum absolute atomic E-state index is 12.2. The molecule has 0 N–H and O–H groups in total. The predicted octanol–water partition coefficient (Wildman–Crippen LogP) is 2.78. The summed E-state index contributed by atoms with van der Waals surface area (Å²) in [5.41, 5.74) is 1.03. The van der Waals surface area contributed by atoms with Crippen molar-refractivity contribution in [2.75, 3.05) is 11.5 Å². The Kier molecular flexibility index (Phi) is 3.81. The summed E-state index contributed by atoms with van der Waals surface area (Å²) in [5, 5.41) is 2.23. The molecule has 21 heavy (non-hydrogen) atoms. The zero-order valence-corrected chi connectivity index (χ0v) is 12.6. The summed E-state index contributed by atoms with van der Waals surface area (Å²) in [6.07, 6.45) is 1.39. The van der Waals surface area contributed by atoms with Crippen molar-refractivity contribution in [2.24, 2.45) is 5.92 Å². The molecule has 2 aromatic carbocycles. The fourth-order valence-corrected chi connectivity index (χ4v) is 4.95. The number of Topliss-reactive ketones (excluding diaryl/α,β-unsaturated/α-hetero) is 1. The van der Waals surface area contributed by atoms with Gasteiger partial charge in [0.15, 0.2) is 9.84 Å². The van der Waals surface area contributed by atoms with Crippen molar-refractivity contribution in [2.45, 2.75) is 19.3 Å². The highest BCUT2D eigenvalue weighted by Gasteiger charge is 2.29. The molecular formula is C17H18O3S. The average Bonchev–Trinajstić information content (AvgIpc) is 2.78. The van der Waals surface area contributed by atoms with E-state index in [1.165, 1.54) is 0 Å². The van der Waals surface area contributed by atoms with E-state index in [0.717, 1.165) is 16.3 Å². The second-order valence-corrected chi connectivity index (χ2v) is 8.06. The van der Waals surface area contributed by atoms with Crippen molar-refractivity contribution < 1.29 is 13.2 Å². The largest absolute Gasteiger partial charge is 0.299 e. The third-order valence-corrected chi connectivity index (χ3v) is 5.95. The molecule has 1 saturated heterocycles. The molecular weight excluding hydrogens is 284 g/mol. The lowest BCUT2D eigenvalue weighted by Gasteiger charge is -2.08. The Morgan fingerprint density at radius 2 is 1.86 bits per heavy atom. The summed E-state index contributed by atoms with van der Waals surface area (Å²) in [6.45, 7) is 0. The van der Waals surface area contributed by atoms with Crippen molar-refractivity contribution in [3.05, 3.63) is 48.0 Å². The van der Waals surface area contributed by atoms with Gasteiger partial charge in [-0.15, -0.1) is 0 Å². The van der Waals surface area contributed by atoms with Crippen LogP contribution in [0.15, 0.2) is 42.5 Å². The Hall–Kier alpha value is -1.68. The molecule has 3 rings (SSSR count). The first kappa shape index (κ1) is 14.3.